The topological polar surface area (TPSA) is 79.5 Å². The highest BCUT2D eigenvalue weighted by molar-refractivity contribution is 5.73. The minimum absolute atomic E-state index is 0.235. The van der Waals surface area contributed by atoms with Gasteiger partial charge in [-0.05, 0) is 37.7 Å². The Kier molecular flexibility index (Phi) is 4.64. The molecule has 1 heterocycles. The fourth-order valence-corrected chi connectivity index (χ4v) is 2.03. The number of hydrogen-bond donors (Lipinski definition) is 1. The molecule has 0 radical (unpaired) electrons. The number of rotatable bonds is 6. The molecule has 0 aliphatic heterocycles. The van der Waals surface area contributed by atoms with Crippen LogP contribution in [0.2, 0.25) is 0 Å². The quantitative estimate of drug-likeness (QED) is 0.879. The lowest BCUT2D eigenvalue weighted by Gasteiger charge is -2.21. The summed E-state index contributed by atoms with van der Waals surface area (Å²) in [5, 5.41) is 12.9. The predicted molar refractivity (Wildman–Crippen MR) is 72.9 cm³/mol. The third-order valence-corrected chi connectivity index (χ3v) is 3.16. The third kappa shape index (κ3) is 3.63. The molecule has 0 saturated heterocycles. The standard InChI is InChI=1S/C14H16FN3O3/c1-3-11(14(19)20)18(2)8-12-16-13(17-21-12)9-4-6-10(15)7-5-9/h4-7,11H,3,8H2,1-2H3,(H,19,20). The average Bonchev–Trinajstić information content (AvgIpc) is 2.88. The number of hydrogen-bond acceptors (Lipinski definition) is 5. The zero-order valence-electron chi connectivity index (χ0n) is 11.8. The molecule has 21 heavy (non-hydrogen) atoms. The first kappa shape index (κ1) is 15.1. The Hall–Kier alpha value is -2.28. The Morgan fingerprint density at radius 1 is 1.43 bits per heavy atom. The van der Waals surface area contributed by atoms with Gasteiger partial charge >= 0.3 is 5.97 Å². The fourth-order valence-electron chi connectivity index (χ4n) is 2.03. The summed E-state index contributed by atoms with van der Waals surface area (Å²) in [5.41, 5.74) is 0.638. The lowest BCUT2D eigenvalue weighted by molar-refractivity contribution is -0.143. The minimum Gasteiger partial charge on any atom is -0.480 e. The molecule has 0 aliphatic carbocycles. The number of carboxylic acids is 1. The van der Waals surface area contributed by atoms with E-state index in [-0.39, 0.29) is 12.4 Å². The maximum Gasteiger partial charge on any atom is 0.320 e. The minimum atomic E-state index is -0.890. The number of carbonyl (C=O) groups is 1. The SMILES string of the molecule is CCC(C(=O)O)N(C)Cc1nc(-c2ccc(F)cc2)no1. The van der Waals surface area contributed by atoms with Crippen molar-refractivity contribution in [2.75, 3.05) is 7.05 Å². The summed E-state index contributed by atoms with van der Waals surface area (Å²) in [6.07, 6.45) is 0.477. The Labute approximate surface area is 121 Å². The zero-order chi connectivity index (χ0) is 15.4. The van der Waals surface area contributed by atoms with Crippen molar-refractivity contribution in [2.45, 2.75) is 25.9 Å². The van der Waals surface area contributed by atoms with Gasteiger partial charge in [0.25, 0.3) is 0 Å². The Bertz CT molecular complexity index is 612. The second kappa shape index (κ2) is 6.45. The molecule has 0 bridgehead atoms. The highest BCUT2D eigenvalue weighted by atomic mass is 19.1. The fraction of sp³-hybridized carbons (Fsp3) is 0.357. The van der Waals surface area contributed by atoms with E-state index in [0.29, 0.717) is 23.7 Å². The highest BCUT2D eigenvalue weighted by Crippen LogP contribution is 2.17. The van der Waals surface area contributed by atoms with Crippen LogP contribution in [0, 0.1) is 5.82 Å². The molecule has 0 aliphatic rings. The Morgan fingerprint density at radius 3 is 2.67 bits per heavy atom. The van der Waals surface area contributed by atoms with E-state index >= 15 is 0 Å². The van der Waals surface area contributed by atoms with Gasteiger partial charge in [-0.15, -0.1) is 0 Å². The molecule has 112 valence electrons. The van der Waals surface area contributed by atoms with Gasteiger partial charge in [-0.25, -0.2) is 4.39 Å². The van der Waals surface area contributed by atoms with Gasteiger partial charge < -0.3 is 9.63 Å². The number of nitrogens with zero attached hydrogens (tertiary/aromatic N) is 3. The van der Waals surface area contributed by atoms with Crippen LogP contribution in [0.5, 0.6) is 0 Å². The van der Waals surface area contributed by atoms with Gasteiger partial charge in [0, 0.05) is 5.56 Å². The van der Waals surface area contributed by atoms with Crippen molar-refractivity contribution in [3.63, 3.8) is 0 Å². The maximum atomic E-state index is 12.9. The Balaban J connectivity index is 2.09. The van der Waals surface area contributed by atoms with Gasteiger partial charge in [-0.3, -0.25) is 9.69 Å². The molecular formula is C14H16FN3O3. The van der Waals surface area contributed by atoms with Crippen LogP contribution in [0.25, 0.3) is 11.4 Å². The zero-order valence-corrected chi connectivity index (χ0v) is 11.8. The average molecular weight is 293 g/mol. The summed E-state index contributed by atoms with van der Waals surface area (Å²) in [6, 6.07) is 5.13. The van der Waals surface area contributed by atoms with Gasteiger partial charge in [0.05, 0.1) is 6.54 Å². The van der Waals surface area contributed by atoms with E-state index in [9.17, 15) is 9.18 Å². The van der Waals surface area contributed by atoms with Crippen molar-refractivity contribution >= 4 is 5.97 Å². The first-order valence-corrected chi connectivity index (χ1v) is 6.52. The predicted octanol–water partition coefficient (Wildman–Crippen LogP) is 2.17. The molecule has 2 rings (SSSR count). The Morgan fingerprint density at radius 2 is 2.10 bits per heavy atom. The molecular weight excluding hydrogens is 277 g/mol. The van der Waals surface area contributed by atoms with Crippen LogP contribution in [-0.2, 0) is 11.3 Å². The molecule has 2 aromatic rings. The molecule has 0 fully saturated rings. The van der Waals surface area contributed by atoms with E-state index in [2.05, 4.69) is 10.1 Å². The van der Waals surface area contributed by atoms with Gasteiger partial charge in [-0.2, -0.15) is 4.98 Å². The molecule has 6 nitrogen and oxygen atoms in total. The normalized spacial score (nSPS) is 12.6. The number of halogens is 1. The van der Waals surface area contributed by atoms with Crippen molar-refractivity contribution in [1.82, 2.24) is 15.0 Å². The van der Waals surface area contributed by atoms with Gasteiger partial charge in [0.1, 0.15) is 11.9 Å². The molecule has 1 atom stereocenters. The van der Waals surface area contributed by atoms with E-state index in [1.54, 1.807) is 31.0 Å². The number of aliphatic carboxylic acids is 1. The van der Waals surface area contributed by atoms with Crippen LogP contribution in [0.4, 0.5) is 4.39 Å². The molecule has 0 spiro atoms. The first-order chi connectivity index (χ1) is 10.0. The number of carboxylic acid groups (broad SMARTS) is 1. The highest BCUT2D eigenvalue weighted by Gasteiger charge is 2.22. The van der Waals surface area contributed by atoms with Crippen molar-refractivity contribution in [3.05, 3.63) is 36.0 Å². The molecule has 7 heteroatoms. The van der Waals surface area contributed by atoms with Crippen LogP contribution in [-0.4, -0.2) is 39.2 Å². The monoisotopic (exact) mass is 293 g/mol. The van der Waals surface area contributed by atoms with E-state index < -0.39 is 12.0 Å². The van der Waals surface area contributed by atoms with Gasteiger partial charge in [-0.1, -0.05) is 12.1 Å². The first-order valence-electron chi connectivity index (χ1n) is 6.52. The summed E-state index contributed by atoms with van der Waals surface area (Å²) in [5.74, 6) is -0.564. The third-order valence-electron chi connectivity index (χ3n) is 3.16. The molecule has 1 aromatic heterocycles. The summed E-state index contributed by atoms with van der Waals surface area (Å²) in [4.78, 5) is 16.9. The van der Waals surface area contributed by atoms with Crippen LogP contribution in [0.15, 0.2) is 28.8 Å². The van der Waals surface area contributed by atoms with Crippen LogP contribution in [0.1, 0.15) is 19.2 Å². The number of likely N-dealkylation sites (N-methyl/N-ethyl adjacent to an activating group) is 1. The molecule has 0 amide bonds. The summed E-state index contributed by atoms with van der Waals surface area (Å²) in [6.45, 7) is 2.03. The smallest absolute Gasteiger partial charge is 0.320 e. The van der Waals surface area contributed by atoms with E-state index in [1.165, 1.54) is 12.1 Å². The molecule has 1 N–H and O–H groups in total. The van der Waals surface area contributed by atoms with Crippen LogP contribution < -0.4 is 0 Å². The van der Waals surface area contributed by atoms with Gasteiger partial charge in [0.2, 0.25) is 11.7 Å². The summed E-state index contributed by atoms with van der Waals surface area (Å²) >= 11 is 0. The van der Waals surface area contributed by atoms with Crippen LogP contribution in [0.3, 0.4) is 0 Å². The van der Waals surface area contributed by atoms with Crippen molar-refractivity contribution < 1.29 is 18.8 Å². The molecule has 1 aromatic carbocycles. The van der Waals surface area contributed by atoms with E-state index in [1.807, 2.05) is 0 Å². The molecule has 1 unspecified atom stereocenters. The van der Waals surface area contributed by atoms with Crippen molar-refractivity contribution in [2.24, 2.45) is 0 Å². The number of benzene rings is 1. The summed E-state index contributed by atoms with van der Waals surface area (Å²) in [7, 11) is 1.68. The second-order valence-corrected chi connectivity index (χ2v) is 4.70. The van der Waals surface area contributed by atoms with Gasteiger partial charge in [0.15, 0.2) is 0 Å². The largest absolute Gasteiger partial charge is 0.480 e. The van der Waals surface area contributed by atoms with Crippen molar-refractivity contribution in [1.29, 1.82) is 0 Å². The van der Waals surface area contributed by atoms with E-state index in [0.717, 1.165) is 0 Å². The maximum absolute atomic E-state index is 12.9. The lowest BCUT2D eigenvalue weighted by Crippen LogP contribution is -2.37. The van der Waals surface area contributed by atoms with Crippen molar-refractivity contribution in [3.8, 4) is 11.4 Å². The molecule has 0 saturated carbocycles. The lowest BCUT2D eigenvalue weighted by atomic mass is 10.2. The summed E-state index contributed by atoms with van der Waals surface area (Å²) < 4.78 is 18.0. The van der Waals surface area contributed by atoms with Crippen LogP contribution >= 0.6 is 0 Å². The number of aromatic nitrogens is 2. The van der Waals surface area contributed by atoms with E-state index in [4.69, 9.17) is 9.63 Å². The second-order valence-electron chi connectivity index (χ2n) is 4.70.